The third kappa shape index (κ3) is 8.49. The summed E-state index contributed by atoms with van der Waals surface area (Å²) in [7, 11) is 0. The van der Waals surface area contributed by atoms with Crippen LogP contribution in [0.4, 0.5) is 34.1 Å². The first-order chi connectivity index (χ1) is 40.3. The number of benzene rings is 11. The van der Waals surface area contributed by atoms with Crippen molar-refractivity contribution in [3.05, 3.63) is 318 Å². The normalized spacial score (nSPS) is 13.9. The van der Waals surface area contributed by atoms with E-state index in [0.29, 0.717) is 0 Å². The Kier molecular flexibility index (Phi) is 12.8. The number of allylic oxidation sites excluding steroid dienone is 7. The first-order valence-electron chi connectivity index (χ1n) is 28.4. The van der Waals surface area contributed by atoms with Gasteiger partial charge in [0.05, 0.1) is 5.41 Å². The predicted molar refractivity (Wildman–Crippen MR) is 353 cm³/mol. The second-order valence-corrected chi connectivity index (χ2v) is 23.0. The topological polar surface area (TPSA) is 27.3 Å². The summed E-state index contributed by atoms with van der Waals surface area (Å²) < 4.78 is 2.64. The maximum Gasteiger partial charge on any atom is 0.0714 e. The molecule has 0 fully saturated rings. The van der Waals surface area contributed by atoms with E-state index in [9.17, 15) is 0 Å². The van der Waals surface area contributed by atoms with Crippen LogP contribution in [0.1, 0.15) is 60.6 Å². The molecule has 0 bridgehead atoms. The van der Waals surface area contributed by atoms with Crippen LogP contribution in [0.2, 0.25) is 0 Å². The van der Waals surface area contributed by atoms with E-state index in [1.165, 1.54) is 126 Å². The van der Waals surface area contributed by atoms with Gasteiger partial charge in [0.1, 0.15) is 0 Å². The summed E-state index contributed by atoms with van der Waals surface area (Å²) >= 11 is 1.90. The van der Waals surface area contributed by atoms with E-state index in [2.05, 4.69) is 304 Å². The molecule has 12 aromatic rings. The number of aryl methyl sites for hydroxylation is 1. The maximum atomic E-state index is 4.15. The minimum Gasteiger partial charge on any atom is -0.358 e. The van der Waals surface area contributed by atoms with E-state index in [1.807, 2.05) is 18.3 Å². The first-order valence-corrected chi connectivity index (χ1v) is 29.2. The van der Waals surface area contributed by atoms with E-state index in [-0.39, 0.29) is 0 Å². The van der Waals surface area contributed by atoms with E-state index < -0.39 is 5.41 Å². The number of hydrogen-bond acceptors (Lipinski definition) is 4. The molecule has 0 radical (unpaired) electrons. The van der Waals surface area contributed by atoms with Crippen LogP contribution in [0.25, 0.3) is 69.9 Å². The number of thiophene rings is 1. The maximum absolute atomic E-state index is 4.15. The van der Waals surface area contributed by atoms with Crippen LogP contribution in [0, 0.1) is 6.92 Å². The molecule has 2 N–H and O–H groups in total. The van der Waals surface area contributed by atoms with Crippen molar-refractivity contribution in [2.45, 2.75) is 39.5 Å². The van der Waals surface area contributed by atoms with Crippen LogP contribution in [-0.4, -0.2) is 0 Å². The van der Waals surface area contributed by atoms with Crippen molar-refractivity contribution in [3.8, 4) is 33.4 Å². The Morgan fingerprint density at radius 1 is 0.488 bits per heavy atom. The number of anilines is 6. The molecule has 3 nitrogen and oxygen atoms in total. The fraction of sp³-hybridized carbons (Fsp3) is 0.0769. The summed E-state index contributed by atoms with van der Waals surface area (Å²) in [5.41, 5.74) is 26.5. The number of nitrogens with zero attached hydrogens (tertiary/aromatic N) is 1. The molecule has 0 spiro atoms. The molecule has 0 saturated heterocycles. The molecule has 2 aliphatic heterocycles. The van der Waals surface area contributed by atoms with Gasteiger partial charge in [0, 0.05) is 81.9 Å². The SMILES string of the molecule is C=C(/C=C1\C(C)=C(C)Nc2ccccc21)C/C=C\C.Cc1ccc(N(c2ccc(-c3ccc4c(c3)sc3c5cccc6c5c(cc43)-c3ccccc3N6)cc2)c2ccc3c(c2)C(c2ccccc2)(c2ccccc2)c2ccccc2-3)cc1. The summed E-state index contributed by atoms with van der Waals surface area (Å²) in [4.78, 5) is 2.42. The van der Waals surface area contributed by atoms with Crippen molar-refractivity contribution in [2.24, 2.45) is 0 Å². The minimum absolute atomic E-state index is 0.480. The molecule has 0 atom stereocenters. The fourth-order valence-electron chi connectivity index (χ4n) is 12.9. The highest BCUT2D eigenvalue weighted by atomic mass is 32.1. The van der Waals surface area contributed by atoms with Crippen molar-refractivity contribution >= 4 is 82.0 Å². The molecule has 394 valence electrons. The van der Waals surface area contributed by atoms with Gasteiger partial charge >= 0.3 is 0 Å². The molecule has 4 heteroatoms. The molecule has 3 aliphatic rings. The van der Waals surface area contributed by atoms with Crippen LogP contribution in [-0.2, 0) is 5.41 Å². The third-order valence-electron chi connectivity index (χ3n) is 17.0. The average Bonchev–Trinajstić information content (AvgIpc) is 2.58. The highest BCUT2D eigenvalue weighted by Crippen LogP contribution is 2.58. The van der Waals surface area contributed by atoms with Gasteiger partial charge in [-0.15, -0.1) is 11.3 Å². The molecule has 1 aliphatic carbocycles. The van der Waals surface area contributed by atoms with E-state index in [1.54, 1.807) is 0 Å². The molecule has 15 rings (SSSR count). The molecule has 82 heavy (non-hydrogen) atoms. The molecule has 11 aromatic carbocycles. The smallest absolute Gasteiger partial charge is 0.0714 e. The van der Waals surface area contributed by atoms with Crippen molar-refractivity contribution in [1.82, 2.24) is 0 Å². The molecule has 0 unspecified atom stereocenters. The highest BCUT2D eigenvalue weighted by Gasteiger charge is 2.46. The van der Waals surface area contributed by atoms with Crippen molar-refractivity contribution in [3.63, 3.8) is 0 Å². The Hall–Kier alpha value is -9.74. The number of fused-ring (bicyclic) bond motifs is 10. The second-order valence-electron chi connectivity index (χ2n) is 21.9. The zero-order valence-corrected chi connectivity index (χ0v) is 47.4. The Balaban J connectivity index is 0.000000270. The van der Waals surface area contributed by atoms with Gasteiger partial charge in [0.15, 0.2) is 0 Å². The van der Waals surface area contributed by atoms with Gasteiger partial charge in [-0.3, -0.25) is 0 Å². The Morgan fingerprint density at radius 2 is 1.09 bits per heavy atom. The van der Waals surface area contributed by atoms with Crippen molar-refractivity contribution < 1.29 is 0 Å². The Morgan fingerprint density at radius 3 is 1.80 bits per heavy atom. The van der Waals surface area contributed by atoms with Gasteiger partial charge in [-0.05, 0) is 162 Å². The zero-order valence-electron chi connectivity index (χ0n) is 46.6. The minimum atomic E-state index is -0.480. The summed E-state index contributed by atoms with van der Waals surface area (Å²) in [5.74, 6) is 0. The second kappa shape index (κ2) is 20.7. The lowest BCUT2D eigenvalue weighted by Gasteiger charge is -2.35. The number of para-hydroxylation sites is 2. The molecule has 3 heterocycles. The Labute approximate surface area is 485 Å². The van der Waals surface area contributed by atoms with Gasteiger partial charge in [-0.25, -0.2) is 0 Å². The monoisotopic (exact) mass is 1070 g/mol. The lowest BCUT2D eigenvalue weighted by Crippen LogP contribution is -2.28. The van der Waals surface area contributed by atoms with Gasteiger partial charge < -0.3 is 15.5 Å². The number of nitrogens with one attached hydrogen (secondary N) is 2. The standard InChI is InChI=1S/C60H40N2S.C18H21N/c1-38-23-28-43(29-24-38)62(45-32-34-47-46-17-8-10-20-53(46)60(54(47)36-45,41-13-4-2-5-14-41)42-15-6-3-7-16-42)44-30-25-39(26-31-44)40-27-33-49-52-37-51-48-18-9-11-21-55(48)61-56-22-12-19-50(58(51)56)59(52)63-57(49)35-40;1-5-6-9-13(2)12-17-14(3)15(4)19-18-11-8-7-10-16(17)18/h2-37,61H,1H3;5-8,10-12,19H,2,9H2,1,3-4H3/b;6-5-,17-12+. The fourth-order valence-corrected chi connectivity index (χ4v) is 14.2. The van der Waals surface area contributed by atoms with Crippen LogP contribution in [0.3, 0.4) is 0 Å². The number of hydrogen-bond donors (Lipinski definition) is 2. The quantitative estimate of drug-likeness (QED) is 0.141. The van der Waals surface area contributed by atoms with E-state index >= 15 is 0 Å². The predicted octanol–water partition coefficient (Wildman–Crippen LogP) is 22.1. The highest BCUT2D eigenvalue weighted by molar-refractivity contribution is 7.26. The lowest BCUT2D eigenvalue weighted by atomic mass is 9.67. The summed E-state index contributed by atoms with van der Waals surface area (Å²) in [6.45, 7) is 12.6. The Bertz CT molecular complexity index is 4540. The van der Waals surface area contributed by atoms with Gasteiger partial charge in [-0.2, -0.15) is 0 Å². The summed E-state index contributed by atoms with van der Waals surface area (Å²) in [6, 6.07) is 89.5. The largest absolute Gasteiger partial charge is 0.358 e. The summed E-state index contributed by atoms with van der Waals surface area (Å²) in [5, 5.41) is 12.4. The van der Waals surface area contributed by atoms with E-state index in [4.69, 9.17) is 0 Å². The van der Waals surface area contributed by atoms with Crippen LogP contribution < -0.4 is 15.5 Å². The number of rotatable bonds is 9. The third-order valence-corrected chi connectivity index (χ3v) is 18.2. The average molecular weight is 1070 g/mol. The van der Waals surface area contributed by atoms with E-state index in [0.717, 1.165) is 34.7 Å². The lowest BCUT2D eigenvalue weighted by molar-refractivity contribution is 0.768. The zero-order chi connectivity index (χ0) is 55.5. The van der Waals surface area contributed by atoms with Gasteiger partial charge in [0.2, 0.25) is 0 Å². The molecule has 1 aromatic heterocycles. The molecular weight excluding hydrogens is 1010 g/mol. The van der Waals surface area contributed by atoms with Gasteiger partial charge in [-0.1, -0.05) is 212 Å². The van der Waals surface area contributed by atoms with Crippen LogP contribution in [0.5, 0.6) is 0 Å². The molecular formula is C78H61N3S. The first kappa shape index (κ1) is 50.5. The molecule has 0 amide bonds. The van der Waals surface area contributed by atoms with Crippen LogP contribution in [0.15, 0.2) is 284 Å². The van der Waals surface area contributed by atoms with Crippen molar-refractivity contribution in [2.75, 3.05) is 15.5 Å². The summed E-state index contributed by atoms with van der Waals surface area (Å²) in [6.07, 6.45) is 7.31. The molecule has 0 saturated carbocycles. The van der Waals surface area contributed by atoms with Crippen LogP contribution >= 0.6 is 11.3 Å². The van der Waals surface area contributed by atoms with Gasteiger partial charge in [0.25, 0.3) is 0 Å². The van der Waals surface area contributed by atoms with Crippen molar-refractivity contribution in [1.29, 1.82) is 0 Å².